The zero-order chi connectivity index (χ0) is 22.8. The zero-order valence-electron chi connectivity index (χ0n) is 16.1. The van der Waals surface area contributed by atoms with Crippen LogP contribution < -0.4 is 5.32 Å². The van der Waals surface area contributed by atoms with Gasteiger partial charge in [0, 0.05) is 24.4 Å². The highest BCUT2D eigenvalue weighted by Gasteiger charge is 2.33. The van der Waals surface area contributed by atoms with Gasteiger partial charge in [-0.3, -0.25) is 0 Å². The van der Waals surface area contributed by atoms with Crippen LogP contribution in [0.1, 0.15) is 17.2 Å². The number of nitrogens with one attached hydrogen (secondary N) is 1. The molecule has 164 valence electrons. The summed E-state index contributed by atoms with van der Waals surface area (Å²) in [5.74, 6) is 0.0800. The number of nitrogens with zero attached hydrogens (tertiary/aromatic N) is 2. The molecule has 0 spiro atoms. The topological polar surface area (TPSA) is 92.2 Å². The molecule has 1 aromatic heterocycles. The monoisotopic (exact) mass is 471 g/mol. The van der Waals surface area contributed by atoms with E-state index in [4.69, 9.17) is 11.6 Å². The van der Waals surface area contributed by atoms with E-state index in [0.717, 1.165) is 24.5 Å². The van der Waals surface area contributed by atoms with Crippen LogP contribution in [0.2, 0.25) is 5.02 Å². The fourth-order valence-electron chi connectivity index (χ4n) is 2.73. The first-order chi connectivity index (χ1) is 14.4. The van der Waals surface area contributed by atoms with Gasteiger partial charge in [-0.1, -0.05) is 48.0 Å². The van der Waals surface area contributed by atoms with E-state index in [2.05, 4.69) is 15.3 Å². The largest absolute Gasteiger partial charge is 0.417 e. The summed E-state index contributed by atoms with van der Waals surface area (Å²) in [7, 11) is -3.83. The van der Waals surface area contributed by atoms with Gasteiger partial charge in [0.05, 0.1) is 22.4 Å². The molecule has 0 aliphatic carbocycles. The van der Waals surface area contributed by atoms with Gasteiger partial charge < -0.3 is 10.4 Å². The minimum Gasteiger partial charge on any atom is -0.387 e. The Morgan fingerprint density at radius 2 is 1.77 bits per heavy atom. The molecule has 0 aliphatic rings. The number of hydrogen-bond donors (Lipinski definition) is 2. The van der Waals surface area contributed by atoms with Crippen LogP contribution in [-0.2, 0) is 16.0 Å². The summed E-state index contributed by atoms with van der Waals surface area (Å²) in [6, 6.07) is 13.1. The van der Waals surface area contributed by atoms with E-state index in [9.17, 15) is 26.7 Å². The number of hydrogen-bond acceptors (Lipinski definition) is 6. The highest BCUT2D eigenvalue weighted by atomic mass is 35.5. The molecule has 2 aromatic carbocycles. The Morgan fingerprint density at radius 1 is 1.10 bits per heavy atom. The molecule has 3 aromatic rings. The van der Waals surface area contributed by atoms with Crippen LogP contribution in [0.25, 0.3) is 11.3 Å². The van der Waals surface area contributed by atoms with Gasteiger partial charge in [-0.05, 0) is 17.7 Å². The molecule has 11 heteroatoms. The van der Waals surface area contributed by atoms with E-state index < -0.39 is 37.9 Å². The number of halogens is 4. The molecule has 0 unspecified atom stereocenters. The Balaban J connectivity index is 1.95. The van der Waals surface area contributed by atoms with Gasteiger partial charge in [0.2, 0.25) is 15.0 Å². The van der Waals surface area contributed by atoms with Gasteiger partial charge in [0.25, 0.3) is 0 Å². The van der Waals surface area contributed by atoms with Crippen LogP contribution >= 0.6 is 11.6 Å². The van der Waals surface area contributed by atoms with Crippen LogP contribution in [0.3, 0.4) is 0 Å². The standard InChI is InChI=1S/C20H17ClF3N3O3S/c1-31(29,30)19-26-16(13-7-8-14(15(21)9-13)20(22,23)24)10-18(27-19)25-11-17(28)12-5-3-2-4-6-12/h2-10,17,28H,11H2,1H3,(H,25,26,27)/t17-/m0/s1. The molecular formula is C20H17ClF3N3O3S. The Labute approximate surface area is 181 Å². The normalized spacial score (nSPS) is 13.1. The highest BCUT2D eigenvalue weighted by molar-refractivity contribution is 7.90. The van der Waals surface area contributed by atoms with Crippen LogP contribution in [0.5, 0.6) is 0 Å². The molecule has 0 aliphatic heterocycles. The molecule has 0 bridgehead atoms. The summed E-state index contributed by atoms with van der Waals surface area (Å²) in [4.78, 5) is 7.89. The number of anilines is 1. The third-order valence-corrected chi connectivity index (χ3v) is 5.43. The van der Waals surface area contributed by atoms with Crippen molar-refractivity contribution in [1.82, 2.24) is 9.97 Å². The van der Waals surface area contributed by atoms with Crippen LogP contribution in [0.4, 0.5) is 19.0 Å². The fraction of sp³-hybridized carbons (Fsp3) is 0.200. The highest BCUT2D eigenvalue weighted by Crippen LogP contribution is 2.36. The molecule has 6 nitrogen and oxygen atoms in total. The Kier molecular flexibility index (Phi) is 6.54. The summed E-state index contributed by atoms with van der Waals surface area (Å²) < 4.78 is 62.9. The summed E-state index contributed by atoms with van der Waals surface area (Å²) >= 11 is 5.77. The van der Waals surface area contributed by atoms with Crippen molar-refractivity contribution in [3.63, 3.8) is 0 Å². The molecule has 0 saturated carbocycles. The van der Waals surface area contributed by atoms with Gasteiger partial charge >= 0.3 is 6.18 Å². The summed E-state index contributed by atoms with van der Waals surface area (Å²) in [6.45, 7) is 0.0113. The minimum atomic E-state index is -4.63. The summed E-state index contributed by atoms with van der Waals surface area (Å²) in [5, 5.41) is 12.1. The number of benzene rings is 2. The van der Waals surface area contributed by atoms with E-state index in [0.29, 0.717) is 5.56 Å². The second-order valence-electron chi connectivity index (χ2n) is 6.69. The second-order valence-corrected chi connectivity index (χ2v) is 9.01. The molecule has 31 heavy (non-hydrogen) atoms. The molecule has 3 rings (SSSR count). The average Bonchev–Trinajstić information content (AvgIpc) is 2.70. The van der Waals surface area contributed by atoms with Crippen molar-refractivity contribution in [2.24, 2.45) is 0 Å². The Morgan fingerprint density at radius 3 is 2.35 bits per heavy atom. The van der Waals surface area contributed by atoms with E-state index in [1.54, 1.807) is 30.3 Å². The van der Waals surface area contributed by atoms with Crippen molar-refractivity contribution < 1.29 is 26.7 Å². The first-order valence-electron chi connectivity index (χ1n) is 8.88. The maximum Gasteiger partial charge on any atom is 0.417 e. The lowest BCUT2D eigenvalue weighted by molar-refractivity contribution is -0.137. The van der Waals surface area contributed by atoms with Crippen molar-refractivity contribution in [2.45, 2.75) is 17.4 Å². The molecule has 1 heterocycles. The van der Waals surface area contributed by atoms with Crippen LogP contribution in [-0.4, -0.2) is 36.3 Å². The average molecular weight is 472 g/mol. The molecular weight excluding hydrogens is 455 g/mol. The lowest BCUT2D eigenvalue weighted by Gasteiger charge is -2.14. The molecule has 0 saturated heterocycles. The quantitative estimate of drug-likeness (QED) is 0.519. The van der Waals surface area contributed by atoms with Gasteiger partial charge in [-0.15, -0.1) is 0 Å². The number of aromatic nitrogens is 2. The smallest absolute Gasteiger partial charge is 0.387 e. The summed E-state index contributed by atoms with van der Waals surface area (Å²) in [6.07, 6.45) is -4.62. The summed E-state index contributed by atoms with van der Waals surface area (Å²) in [5.41, 5.74) is -0.138. The number of aliphatic hydroxyl groups excluding tert-OH is 1. The van der Waals surface area contributed by atoms with Gasteiger partial charge in [-0.25, -0.2) is 18.4 Å². The molecule has 0 fully saturated rings. The molecule has 2 N–H and O–H groups in total. The molecule has 0 amide bonds. The van der Waals surface area contributed by atoms with Crippen molar-refractivity contribution in [3.8, 4) is 11.3 Å². The first kappa shape index (κ1) is 23.0. The predicted molar refractivity (Wildman–Crippen MR) is 110 cm³/mol. The maximum absolute atomic E-state index is 13.0. The fourth-order valence-corrected chi connectivity index (χ4v) is 3.54. The van der Waals surface area contributed by atoms with Crippen LogP contribution in [0.15, 0.2) is 59.8 Å². The number of alkyl halides is 3. The lowest BCUT2D eigenvalue weighted by Crippen LogP contribution is -2.15. The number of aliphatic hydroxyl groups is 1. The molecule has 0 radical (unpaired) electrons. The zero-order valence-corrected chi connectivity index (χ0v) is 17.6. The van der Waals surface area contributed by atoms with E-state index in [1.807, 2.05) is 0 Å². The third kappa shape index (κ3) is 5.72. The Hall–Kier alpha value is -2.69. The predicted octanol–water partition coefficient (Wildman–Crippen LogP) is 4.36. The van der Waals surface area contributed by atoms with E-state index in [-0.39, 0.29) is 23.6 Å². The van der Waals surface area contributed by atoms with Gasteiger partial charge in [0.15, 0.2) is 0 Å². The lowest BCUT2D eigenvalue weighted by atomic mass is 10.1. The van der Waals surface area contributed by atoms with Crippen molar-refractivity contribution in [3.05, 3.63) is 70.7 Å². The maximum atomic E-state index is 13.0. The third-order valence-electron chi connectivity index (χ3n) is 4.27. The second kappa shape index (κ2) is 8.81. The minimum absolute atomic E-state index is 0.0113. The Bertz CT molecular complexity index is 1190. The van der Waals surface area contributed by atoms with Crippen molar-refractivity contribution in [1.29, 1.82) is 0 Å². The van der Waals surface area contributed by atoms with Gasteiger partial charge in [-0.2, -0.15) is 13.2 Å². The molecule has 1 atom stereocenters. The first-order valence-corrected chi connectivity index (χ1v) is 11.2. The van der Waals surface area contributed by atoms with E-state index in [1.165, 1.54) is 6.07 Å². The van der Waals surface area contributed by atoms with Gasteiger partial charge in [0.1, 0.15) is 5.82 Å². The van der Waals surface area contributed by atoms with Crippen molar-refractivity contribution >= 4 is 27.3 Å². The van der Waals surface area contributed by atoms with E-state index >= 15 is 0 Å². The van der Waals surface area contributed by atoms with Crippen molar-refractivity contribution in [2.75, 3.05) is 18.1 Å². The SMILES string of the molecule is CS(=O)(=O)c1nc(NC[C@H](O)c2ccccc2)cc(-c2ccc(C(F)(F)F)c(Cl)c2)n1. The number of sulfone groups is 1. The number of rotatable bonds is 6. The van der Waals surface area contributed by atoms with Crippen LogP contribution in [0, 0.1) is 0 Å².